The van der Waals surface area contributed by atoms with Gasteiger partial charge in [0.2, 0.25) is 0 Å². The molecule has 7 nitrogen and oxygen atoms in total. The summed E-state index contributed by atoms with van der Waals surface area (Å²) in [4.78, 5) is 36.5. The summed E-state index contributed by atoms with van der Waals surface area (Å²) in [6, 6.07) is 12.7. The first-order valence-corrected chi connectivity index (χ1v) is 10.0. The SMILES string of the molecule is COC(=O)c1ccccc1C(=O)NCc1nc(N2CCCC2)c2cccc(C)c2n1. The van der Waals surface area contributed by atoms with Crippen molar-refractivity contribution < 1.29 is 14.3 Å². The number of nitrogens with one attached hydrogen (secondary N) is 1. The summed E-state index contributed by atoms with van der Waals surface area (Å²) in [5, 5.41) is 3.88. The molecule has 1 N–H and O–H groups in total. The quantitative estimate of drug-likeness (QED) is 0.657. The Labute approximate surface area is 175 Å². The van der Waals surface area contributed by atoms with Crippen LogP contribution in [-0.4, -0.2) is 42.0 Å². The summed E-state index contributed by atoms with van der Waals surface area (Å²) in [5.74, 6) is 0.546. The van der Waals surface area contributed by atoms with Crippen LogP contribution in [0.15, 0.2) is 42.5 Å². The third-order valence-electron chi connectivity index (χ3n) is 5.34. The average molecular weight is 404 g/mol. The zero-order valence-electron chi connectivity index (χ0n) is 17.1. The number of benzene rings is 2. The van der Waals surface area contributed by atoms with E-state index in [-0.39, 0.29) is 23.6 Å². The molecular weight excluding hydrogens is 380 g/mol. The first-order valence-electron chi connectivity index (χ1n) is 10.0. The van der Waals surface area contributed by atoms with E-state index in [4.69, 9.17) is 14.7 Å². The number of methoxy groups -OCH3 is 1. The summed E-state index contributed by atoms with van der Waals surface area (Å²) in [6.07, 6.45) is 2.29. The molecule has 30 heavy (non-hydrogen) atoms. The predicted octanol–water partition coefficient (Wildman–Crippen LogP) is 3.26. The van der Waals surface area contributed by atoms with Gasteiger partial charge in [-0.1, -0.05) is 24.3 Å². The minimum absolute atomic E-state index is 0.166. The molecule has 1 amide bonds. The average Bonchev–Trinajstić information content (AvgIpc) is 3.31. The molecule has 0 unspecified atom stereocenters. The molecule has 1 aromatic heterocycles. The molecule has 2 heterocycles. The summed E-state index contributed by atoms with van der Waals surface area (Å²) in [5.41, 5.74) is 2.46. The van der Waals surface area contributed by atoms with Crippen LogP contribution in [-0.2, 0) is 11.3 Å². The van der Waals surface area contributed by atoms with Crippen LogP contribution in [0, 0.1) is 6.92 Å². The molecular formula is C23H24N4O3. The summed E-state index contributed by atoms with van der Waals surface area (Å²) in [6.45, 7) is 4.13. The van der Waals surface area contributed by atoms with Gasteiger partial charge in [0.15, 0.2) is 5.82 Å². The van der Waals surface area contributed by atoms with Crippen molar-refractivity contribution in [3.63, 3.8) is 0 Å². The van der Waals surface area contributed by atoms with Gasteiger partial charge in [-0.2, -0.15) is 0 Å². The number of carbonyl (C=O) groups excluding carboxylic acids is 2. The van der Waals surface area contributed by atoms with Gasteiger partial charge in [-0.05, 0) is 43.5 Å². The monoisotopic (exact) mass is 404 g/mol. The number of fused-ring (bicyclic) bond motifs is 1. The number of hydrogen-bond donors (Lipinski definition) is 1. The fourth-order valence-corrected chi connectivity index (χ4v) is 3.80. The molecule has 0 saturated carbocycles. The number of anilines is 1. The van der Waals surface area contributed by atoms with E-state index in [1.165, 1.54) is 7.11 Å². The lowest BCUT2D eigenvalue weighted by molar-refractivity contribution is 0.0596. The Hall–Kier alpha value is -3.48. The molecule has 0 bridgehead atoms. The minimum atomic E-state index is -0.547. The van der Waals surface area contributed by atoms with Crippen molar-refractivity contribution in [3.8, 4) is 0 Å². The van der Waals surface area contributed by atoms with Crippen LogP contribution in [0.5, 0.6) is 0 Å². The third kappa shape index (κ3) is 3.83. The Morgan fingerprint density at radius 3 is 2.50 bits per heavy atom. The maximum atomic E-state index is 12.7. The van der Waals surface area contributed by atoms with E-state index in [2.05, 4.69) is 10.2 Å². The number of aryl methyl sites for hydroxylation is 1. The molecule has 1 aliphatic rings. The fourth-order valence-electron chi connectivity index (χ4n) is 3.80. The molecule has 0 radical (unpaired) electrons. The van der Waals surface area contributed by atoms with Crippen molar-refractivity contribution in [1.82, 2.24) is 15.3 Å². The van der Waals surface area contributed by atoms with Crippen LogP contribution < -0.4 is 10.2 Å². The summed E-state index contributed by atoms with van der Waals surface area (Å²) < 4.78 is 4.77. The van der Waals surface area contributed by atoms with Crippen molar-refractivity contribution in [3.05, 3.63) is 65.0 Å². The van der Waals surface area contributed by atoms with Gasteiger partial charge in [0.05, 0.1) is 30.3 Å². The molecule has 7 heteroatoms. The molecule has 0 spiro atoms. The van der Waals surface area contributed by atoms with Crippen molar-refractivity contribution >= 4 is 28.6 Å². The number of ether oxygens (including phenoxy) is 1. The maximum absolute atomic E-state index is 12.7. The molecule has 1 aliphatic heterocycles. The van der Waals surface area contributed by atoms with Gasteiger partial charge in [0.1, 0.15) is 5.82 Å². The Morgan fingerprint density at radius 1 is 1.03 bits per heavy atom. The normalized spacial score (nSPS) is 13.5. The topological polar surface area (TPSA) is 84.4 Å². The van der Waals surface area contributed by atoms with Gasteiger partial charge in [-0.25, -0.2) is 14.8 Å². The van der Waals surface area contributed by atoms with Gasteiger partial charge in [0.25, 0.3) is 5.91 Å². The van der Waals surface area contributed by atoms with Gasteiger partial charge in [0, 0.05) is 18.5 Å². The van der Waals surface area contributed by atoms with Crippen molar-refractivity contribution in [2.45, 2.75) is 26.3 Å². The lowest BCUT2D eigenvalue weighted by Gasteiger charge is -2.20. The molecule has 1 saturated heterocycles. The number of rotatable bonds is 5. The highest BCUT2D eigenvalue weighted by atomic mass is 16.5. The molecule has 4 rings (SSSR count). The summed E-state index contributed by atoms with van der Waals surface area (Å²) >= 11 is 0. The van der Waals surface area contributed by atoms with E-state index < -0.39 is 5.97 Å². The van der Waals surface area contributed by atoms with E-state index in [1.807, 2.05) is 25.1 Å². The largest absolute Gasteiger partial charge is 0.465 e. The number of para-hydroxylation sites is 1. The number of carbonyl (C=O) groups is 2. The maximum Gasteiger partial charge on any atom is 0.338 e. The lowest BCUT2D eigenvalue weighted by Crippen LogP contribution is -2.27. The highest BCUT2D eigenvalue weighted by molar-refractivity contribution is 6.05. The Morgan fingerprint density at radius 2 is 1.77 bits per heavy atom. The molecule has 154 valence electrons. The second-order valence-electron chi connectivity index (χ2n) is 7.35. The first kappa shape index (κ1) is 19.8. The molecule has 0 aliphatic carbocycles. The predicted molar refractivity (Wildman–Crippen MR) is 115 cm³/mol. The van der Waals surface area contributed by atoms with E-state index in [0.29, 0.717) is 5.82 Å². The zero-order chi connectivity index (χ0) is 21.1. The highest BCUT2D eigenvalue weighted by Crippen LogP contribution is 2.28. The molecule has 1 fully saturated rings. The standard InChI is InChI=1S/C23H24N4O3/c1-15-8-7-11-18-20(15)25-19(26-21(18)27-12-5-6-13-27)14-24-22(28)16-9-3-4-10-17(16)23(29)30-2/h3-4,7-11H,5-6,12-14H2,1-2H3,(H,24,28). The smallest absolute Gasteiger partial charge is 0.338 e. The van der Waals surface area contributed by atoms with E-state index in [0.717, 1.165) is 48.2 Å². The molecule has 0 atom stereocenters. The van der Waals surface area contributed by atoms with Crippen LogP contribution in [0.2, 0.25) is 0 Å². The number of amides is 1. The van der Waals surface area contributed by atoms with Crippen LogP contribution in [0.1, 0.15) is 44.9 Å². The van der Waals surface area contributed by atoms with Crippen molar-refractivity contribution in [1.29, 1.82) is 0 Å². The van der Waals surface area contributed by atoms with Crippen molar-refractivity contribution in [2.75, 3.05) is 25.1 Å². The van der Waals surface area contributed by atoms with Gasteiger partial charge < -0.3 is 15.0 Å². The Bertz CT molecular complexity index is 1110. The number of nitrogens with zero attached hydrogens (tertiary/aromatic N) is 3. The van der Waals surface area contributed by atoms with E-state index in [1.54, 1.807) is 24.3 Å². The fraction of sp³-hybridized carbons (Fsp3) is 0.304. The van der Waals surface area contributed by atoms with Crippen LogP contribution in [0.25, 0.3) is 10.9 Å². The second kappa shape index (κ2) is 8.49. The van der Waals surface area contributed by atoms with Gasteiger partial charge in [-0.3, -0.25) is 4.79 Å². The van der Waals surface area contributed by atoms with Crippen molar-refractivity contribution in [2.24, 2.45) is 0 Å². The Kier molecular flexibility index (Phi) is 5.61. The Balaban J connectivity index is 1.63. The third-order valence-corrected chi connectivity index (χ3v) is 5.34. The van der Waals surface area contributed by atoms with Crippen LogP contribution >= 0.6 is 0 Å². The van der Waals surface area contributed by atoms with Gasteiger partial charge in [-0.15, -0.1) is 0 Å². The van der Waals surface area contributed by atoms with Crippen LogP contribution in [0.3, 0.4) is 0 Å². The van der Waals surface area contributed by atoms with E-state index >= 15 is 0 Å². The lowest BCUT2D eigenvalue weighted by atomic mass is 10.1. The number of esters is 1. The second-order valence-corrected chi connectivity index (χ2v) is 7.35. The number of aromatic nitrogens is 2. The first-order chi connectivity index (χ1) is 14.6. The van der Waals surface area contributed by atoms with Gasteiger partial charge >= 0.3 is 5.97 Å². The minimum Gasteiger partial charge on any atom is -0.465 e. The summed E-state index contributed by atoms with van der Waals surface area (Å²) in [7, 11) is 1.29. The van der Waals surface area contributed by atoms with E-state index in [9.17, 15) is 9.59 Å². The zero-order valence-corrected chi connectivity index (χ0v) is 17.1. The number of hydrogen-bond acceptors (Lipinski definition) is 6. The highest BCUT2D eigenvalue weighted by Gasteiger charge is 2.20. The molecule has 2 aromatic carbocycles. The molecule has 3 aromatic rings. The van der Waals surface area contributed by atoms with Crippen LogP contribution in [0.4, 0.5) is 5.82 Å².